The minimum Gasteiger partial charge on any atom is -0.334 e. The average molecular weight is 367 g/mol. The number of rotatable bonds is 4. The Balaban J connectivity index is 1.65. The maximum Gasteiger partial charge on any atom is 0.271 e. The minimum atomic E-state index is -0.553. The first kappa shape index (κ1) is 16.5. The van der Waals surface area contributed by atoms with E-state index in [2.05, 4.69) is 15.1 Å². The molecule has 0 radical (unpaired) electrons. The van der Waals surface area contributed by atoms with E-state index >= 15 is 0 Å². The number of hydrogen-bond donors (Lipinski definition) is 0. The van der Waals surface area contributed by atoms with Crippen molar-refractivity contribution in [1.82, 2.24) is 19.7 Å². The molecule has 2 aromatic heterocycles. The normalized spacial score (nSPS) is 11.0. The van der Waals surface area contributed by atoms with E-state index in [9.17, 15) is 19.3 Å². The zero-order chi connectivity index (χ0) is 19.0. The lowest BCUT2D eigenvalue weighted by Crippen LogP contribution is -2.21. The summed E-state index contributed by atoms with van der Waals surface area (Å²) in [6.07, 6.45) is 1.27. The summed E-state index contributed by atoms with van der Waals surface area (Å²) in [7, 11) is 0. The van der Waals surface area contributed by atoms with Gasteiger partial charge < -0.3 is 4.52 Å². The Bertz CT molecular complexity index is 1220. The van der Waals surface area contributed by atoms with Crippen LogP contribution in [0.5, 0.6) is 0 Å². The van der Waals surface area contributed by atoms with E-state index < -0.39 is 4.92 Å². The molecule has 4 aromatic rings. The smallest absolute Gasteiger partial charge is 0.271 e. The van der Waals surface area contributed by atoms with E-state index in [1.54, 1.807) is 0 Å². The van der Waals surface area contributed by atoms with Gasteiger partial charge in [0.1, 0.15) is 5.82 Å². The van der Waals surface area contributed by atoms with Gasteiger partial charge in [0.2, 0.25) is 0 Å². The van der Waals surface area contributed by atoms with Crippen molar-refractivity contribution in [3.05, 3.63) is 80.9 Å². The monoisotopic (exact) mass is 367 g/mol. The van der Waals surface area contributed by atoms with Crippen molar-refractivity contribution in [2.75, 3.05) is 0 Å². The highest BCUT2D eigenvalue weighted by molar-refractivity contribution is 5.79. The highest BCUT2D eigenvalue weighted by atomic mass is 19.1. The van der Waals surface area contributed by atoms with Crippen LogP contribution in [-0.2, 0) is 6.54 Å². The van der Waals surface area contributed by atoms with Crippen molar-refractivity contribution >= 4 is 16.6 Å². The van der Waals surface area contributed by atoms with Gasteiger partial charge in [-0.25, -0.2) is 9.37 Å². The summed E-state index contributed by atoms with van der Waals surface area (Å²) < 4.78 is 19.4. The summed E-state index contributed by atoms with van der Waals surface area (Å²) in [6, 6.07) is 9.40. The average Bonchev–Trinajstić information content (AvgIpc) is 3.13. The van der Waals surface area contributed by atoms with Crippen LogP contribution >= 0.6 is 0 Å². The van der Waals surface area contributed by atoms with Gasteiger partial charge in [-0.05, 0) is 30.3 Å². The van der Waals surface area contributed by atoms with Crippen LogP contribution in [0, 0.1) is 15.9 Å². The lowest BCUT2D eigenvalue weighted by molar-refractivity contribution is -0.384. The Morgan fingerprint density at radius 1 is 1.19 bits per heavy atom. The molecule has 0 aliphatic rings. The fourth-order valence-electron chi connectivity index (χ4n) is 2.55. The number of non-ortho nitro benzene ring substituents is 1. The van der Waals surface area contributed by atoms with Crippen molar-refractivity contribution in [3.63, 3.8) is 0 Å². The van der Waals surface area contributed by atoms with Gasteiger partial charge in [0.05, 0.1) is 28.7 Å². The molecule has 0 saturated heterocycles. The third kappa shape index (κ3) is 3.15. The fourth-order valence-corrected chi connectivity index (χ4v) is 2.55. The number of nitro benzene ring substituents is 1. The molecule has 0 saturated carbocycles. The SMILES string of the molecule is O=c1c2ccc([N+](=O)[O-])cc2ncn1Cc1noc(-c2ccc(F)cc2)n1. The molecule has 4 rings (SSSR count). The molecule has 0 N–H and O–H groups in total. The van der Waals surface area contributed by atoms with Gasteiger partial charge in [-0.3, -0.25) is 19.5 Å². The standard InChI is InChI=1S/C17H10FN5O4/c18-11-3-1-10(2-4-11)16-20-15(21-27-16)8-22-9-19-14-7-12(23(25)26)5-6-13(14)17(22)24/h1-7,9H,8H2. The number of benzene rings is 2. The summed E-state index contributed by atoms with van der Waals surface area (Å²) in [6.45, 7) is 0.00343. The molecule has 0 fully saturated rings. The predicted molar refractivity (Wildman–Crippen MR) is 91.5 cm³/mol. The molecular weight excluding hydrogens is 357 g/mol. The first-order valence-corrected chi connectivity index (χ1v) is 7.73. The second-order valence-corrected chi connectivity index (χ2v) is 5.66. The molecule has 27 heavy (non-hydrogen) atoms. The lowest BCUT2D eigenvalue weighted by atomic mass is 10.2. The van der Waals surface area contributed by atoms with Gasteiger partial charge in [-0.1, -0.05) is 5.16 Å². The van der Waals surface area contributed by atoms with Crippen LogP contribution in [0.2, 0.25) is 0 Å². The van der Waals surface area contributed by atoms with Crippen molar-refractivity contribution in [2.45, 2.75) is 6.54 Å². The molecule has 2 heterocycles. The molecule has 9 nitrogen and oxygen atoms in total. The zero-order valence-corrected chi connectivity index (χ0v) is 13.6. The van der Waals surface area contributed by atoms with Gasteiger partial charge >= 0.3 is 0 Å². The number of fused-ring (bicyclic) bond motifs is 1. The van der Waals surface area contributed by atoms with Crippen molar-refractivity contribution in [3.8, 4) is 11.5 Å². The third-order valence-corrected chi connectivity index (χ3v) is 3.89. The summed E-state index contributed by atoms with van der Waals surface area (Å²) >= 11 is 0. The van der Waals surface area contributed by atoms with Gasteiger partial charge in [0.15, 0.2) is 5.82 Å². The molecule has 134 valence electrons. The Labute approximate surface area is 149 Å². The minimum absolute atomic E-state index is 0.00343. The Morgan fingerprint density at radius 2 is 1.96 bits per heavy atom. The molecule has 2 aromatic carbocycles. The topological polar surface area (TPSA) is 117 Å². The van der Waals surface area contributed by atoms with E-state index in [4.69, 9.17) is 4.52 Å². The third-order valence-electron chi connectivity index (χ3n) is 3.89. The van der Waals surface area contributed by atoms with Gasteiger partial charge in [-0.2, -0.15) is 4.98 Å². The fraction of sp³-hybridized carbons (Fsp3) is 0.0588. The molecule has 0 atom stereocenters. The van der Waals surface area contributed by atoms with E-state index in [0.29, 0.717) is 5.56 Å². The predicted octanol–water partition coefficient (Wildman–Crippen LogP) is 2.54. The van der Waals surface area contributed by atoms with Gasteiger partial charge in [-0.15, -0.1) is 0 Å². The Hall–Kier alpha value is -3.95. The number of halogens is 1. The molecule has 10 heteroatoms. The summed E-state index contributed by atoms with van der Waals surface area (Å²) in [5.74, 6) is 0.0504. The van der Waals surface area contributed by atoms with Crippen LogP contribution in [-0.4, -0.2) is 24.6 Å². The van der Waals surface area contributed by atoms with Crippen LogP contribution in [0.3, 0.4) is 0 Å². The summed E-state index contributed by atoms with van der Waals surface area (Å²) in [4.78, 5) is 31.1. The lowest BCUT2D eigenvalue weighted by Gasteiger charge is -2.03. The van der Waals surface area contributed by atoms with E-state index in [-0.39, 0.29) is 46.2 Å². The largest absolute Gasteiger partial charge is 0.334 e. The summed E-state index contributed by atoms with van der Waals surface area (Å²) in [5.41, 5.74) is 0.245. The quantitative estimate of drug-likeness (QED) is 0.402. The maximum absolute atomic E-state index is 13.0. The van der Waals surface area contributed by atoms with Gasteiger partial charge in [0, 0.05) is 17.7 Å². The van der Waals surface area contributed by atoms with E-state index in [0.717, 1.165) is 0 Å². The molecule has 0 spiro atoms. The molecule has 0 aliphatic heterocycles. The zero-order valence-electron chi connectivity index (χ0n) is 13.6. The van der Waals surface area contributed by atoms with Crippen molar-refractivity contribution in [1.29, 1.82) is 0 Å². The van der Waals surface area contributed by atoms with E-state index in [1.807, 2.05) is 0 Å². The maximum atomic E-state index is 13.0. The highest BCUT2D eigenvalue weighted by Gasteiger charge is 2.13. The number of nitro groups is 1. The Morgan fingerprint density at radius 3 is 2.70 bits per heavy atom. The molecular formula is C17H10FN5O4. The van der Waals surface area contributed by atoms with E-state index in [1.165, 1.54) is 53.4 Å². The molecule has 0 amide bonds. The van der Waals surface area contributed by atoms with Crippen LogP contribution in [0.1, 0.15) is 5.82 Å². The Kier molecular flexibility index (Phi) is 3.92. The molecule has 0 unspecified atom stereocenters. The van der Waals surface area contributed by atoms with Crippen LogP contribution in [0.15, 0.2) is 58.1 Å². The molecule has 0 aliphatic carbocycles. The molecule has 0 bridgehead atoms. The second kappa shape index (κ2) is 6.41. The van der Waals surface area contributed by atoms with Crippen LogP contribution in [0.4, 0.5) is 10.1 Å². The van der Waals surface area contributed by atoms with Crippen LogP contribution < -0.4 is 5.56 Å². The highest BCUT2D eigenvalue weighted by Crippen LogP contribution is 2.18. The first-order valence-electron chi connectivity index (χ1n) is 7.73. The van der Waals surface area contributed by atoms with Crippen molar-refractivity contribution < 1.29 is 13.8 Å². The van der Waals surface area contributed by atoms with Gasteiger partial charge in [0.25, 0.3) is 17.1 Å². The summed E-state index contributed by atoms with van der Waals surface area (Å²) in [5, 5.41) is 14.9. The van der Waals surface area contributed by atoms with Crippen LogP contribution in [0.25, 0.3) is 22.4 Å². The van der Waals surface area contributed by atoms with Crippen molar-refractivity contribution in [2.24, 2.45) is 0 Å². The first-order chi connectivity index (χ1) is 13.0. The number of aromatic nitrogens is 4. The second-order valence-electron chi connectivity index (χ2n) is 5.66. The number of hydrogen-bond acceptors (Lipinski definition) is 7. The number of nitrogens with zero attached hydrogens (tertiary/aromatic N) is 5.